The van der Waals surface area contributed by atoms with Crippen LogP contribution < -0.4 is 10.9 Å². The molecule has 164 valence electrons. The highest BCUT2D eigenvalue weighted by molar-refractivity contribution is 8.00. The van der Waals surface area contributed by atoms with Gasteiger partial charge in [-0.15, -0.1) is 10.2 Å². The Morgan fingerprint density at radius 3 is 2.53 bits per heavy atom. The van der Waals surface area contributed by atoms with Crippen molar-refractivity contribution in [3.63, 3.8) is 0 Å². The van der Waals surface area contributed by atoms with E-state index in [1.807, 2.05) is 70.2 Å². The van der Waals surface area contributed by atoms with Crippen molar-refractivity contribution in [1.29, 1.82) is 0 Å². The van der Waals surface area contributed by atoms with Gasteiger partial charge < -0.3 is 5.32 Å². The van der Waals surface area contributed by atoms with Crippen molar-refractivity contribution in [3.8, 4) is 5.69 Å². The molecule has 1 atom stereocenters. The number of thioether (sulfide) groups is 1. The summed E-state index contributed by atoms with van der Waals surface area (Å²) >= 11 is 1.30. The van der Waals surface area contributed by atoms with Crippen LogP contribution in [0.15, 0.2) is 64.8 Å². The average molecular weight is 448 g/mol. The molecule has 32 heavy (non-hydrogen) atoms. The van der Waals surface area contributed by atoms with Crippen molar-refractivity contribution in [1.82, 2.24) is 19.2 Å². The van der Waals surface area contributed by atoms with Gasteiger partial charge in [-0.05, 0) is 62.1 Å². The Balaban J connectivity index is 1.61. The lowest BCUT2D eigenvalue weighted by Crippen LogP contribution is -2.25. The number of anilines is 1. The van der Waals surface area contributed by atoms with E-state index in [1.165, 1.54) is 17.3 Å². The maximum atomic E-state index is 13.1. The molecule has 4 aromatic rings. The molecule has 1 N–H and O–H groups in total. The summed E-state index contributed by atoms with van der Waals surface area (Å²) in [6, 6.07) is 13.5. The van der Waals surface area contributed by atoms with Gasteiger partial charge in [-0.1, -0.05) is 43.0 Å². The fraction of sp³-hybridized carbons (Fsp3) is 0.250. The van der Waals surface area contributed by atoms with Crippen LogP contribution in [0.4, 0.5) is 5.69 Å². The van der Waals surface area contributed by atoms with Gasteiger partial charge in [0, 0.05) is 23.8 Å². The maximum absolute atomic E-state index is 13.1. The number of nitrogens with one attached hydrogen (secondary N) is 1. The standard InChI is InChI=1S/C24H25N5O2S/c1-5-20(22(30)25-19-9-7-6-8-16(19)3)32-24-27-26-21-23(31)28(12-13-29(21)24)18-11-10-15(2)17(4)14-18/h6-14,20H,5H2,1-4H3,(H,25,30)/t20-/m0/s1. The van der Waals surface area contributed by atoms with E-state index in [0.29, 0.717) is 11.6 Å². The summed E-state index contributed by atoms with van der Waals surface area (Å²) in [6.45, 7) is 7.95. The number of carbonyl (C=O) groups excluding carboxylic acids is 1. The van der Waals surface area contributed by atoms with Crippen molar-refractivity contribution in [2.75, 3.05) is 5.32 Å². The van der Waals surface area contributed by atoms with Crippen LogP contribution in [0.1, 0.15) is 30.0 Å². The summed E-state index contributed by atoms with van der Waals surface area (Å²) in [4.78, 5) is 25.9. The Labute approximate surface area is 190 Å². The third-order valence-electron chi connectivity index (χ3n) is 5.52. The smallest absolute Gasteiger partial charge is 0.300 e. The van der Waals surface area contributed by atoms with Crippen LogP contribution in [-0.2, 0) is 4.79 Å². The highest BCUT2D eigenvalue weighted by Crippen LogP contribution is 2.26. The molecular weight excluding hydrogens is 422 g/mol. The quantitative estimate of drug-likeness (QED) is 0.445. The number of rotatable bonds is 6. The summed E-state index contributed by atoms with van der Waals surface area (Å²) in [6.07, 6.45) is 4.08. The Morgan fingerprint density at radius 1 is 1.03 bits per heavy atom. The molecule has 0 saturated heterocycles. The molecule has 4 rings (SSSR count). The number of carbonyl (C=O) groups is 1. The highest BCUT2D eigenvalue weighted by atomic mass is 32.2. The van der Waals surface area contributed by atoms with Crippen molar-refractivity contribution >= 4 is 29.0 Å². The third kappa shape index (κ3) is 4.18. The van der Waals surface area contributed by atoms with Crippen molar-refractivity contribution in [2.24, 2.45) is 0 Å². The van der Waals surface area contributed by atoms with Gasteiger partial charge in [0.15, 0.2) is 5.16 Å². The van der Waals surface area contributed by atoms with Gasteiger partial charge in [0.2, 0.25) is 11.6 Å². The van der Waals surface area contributed by atoms with E-state index >= 15 is 0 Å². The third-order valence-corrected chi connectivity index (χ3v) is 6.84. The summed E-state index contributed by atoms with van der Waals surface area (Å²) in [5, 5.41) is 11.4. The van der Waals surface area contributed by atoms with E-state index in [1.54, 1.807) is 21.4 Å². The lowest BCUT2D eigenvalue weighted by Gasteiger charge is -2.15. The number of fused-ring (bicyclic) bond motifs is 1. The molecular formula is C24H25N5O2S. The molecule has 0 bridgehead atoms. The van der Waals surface area contributed by atoms with Crippen LogP contribution >= 0.6 is 11.8 Å². The van der Waals surface area contributed by atoms with E-state index in [0.717, 1.165) is 22.5 Å². The number of aromatic nitrogens is 4. The minimum Gasteiger partial charge on any atom is -0.325 e. The van der Waals surface area contributed by atoms with Crippen molar-refractivity contribution in [2.45, 2.75) is 44.5 Å². The topological polar surface area (TPSA) is 81.3 Å². The molecule has 0 unspecified atom stereocenters. The van der Waals surface area contributed by atoms with Crippen LogP contribution in [0.2, 0.25) is 0 Å². The van der Waals surface area contributed by atoms with Crippen molar-refractivity contribution in [3.05, 3.63) is 81.9 Å². The normalized spacial score (nSPS) is 12.1. The minimum absolute atomic E-state index is 0.105. The van der Waals surface area contributed by atoms with Gasteiger partial charge in [0.05, 0.1) is 5.25 Å². The molecule has 0 fully saturated rings. The predicted octanol–water partition coefficient (Wildman–Crippen LogP) is 4.31. The second-order valence-electron chi connectivity index (χ2n) is 7.74. The number of aryl methyl sites for hydroxylation is 3. The van der Waals surface area contributed by atoms with Gasteiger partial charge in [0.1, 0.15) is 0 Å². The zero-order chi connectivity index (χ0) is 22.8. The fourth-order valence-corrected chi connectivity index (χ4v) is 4.34. The second-order valence-corrected chi connectivity index (χ2v) is 8.91. The molecule has 0 spiro atoms. The van der Waals surface area contributed by atoms with E-state index in [-0.39, 0.29) is 22.4 Å². The lowest BCUT2D eigenvalue weighted by molar-refractivity contribution is -0.115. The molecule has 7 nitrogen and oxygen atoms in total. The van der Waals surface area contributed by atoms with Crippen LogP contribution in [0.25, 0.3) is 11.3 Å². The molecule has 2 aromatic carbocycles. The SMILES string of the molecule is CC[C@H](Sc1nnc2c(=O)n(-c3ccc(C)c(C)c3)ccn12)C(=O)Nc1ccccc1C. The number of hydrogen-bond donors (Lipinski definition) is 1. The van der Waals surface area contributed by atoms with E-state index in [4.69, 9.17) is 0 Å². The van der Waals surface area contributed by atoms with E-state index in [9.17, 15) is 9.59 Å². The zero-order valence-corrected chi connectivity index (χ0v) is 19.3. The monoisotopic (exact) mass is 447 g/mol. The Hall–Kier alpha value is -3.39. The van der Waals surface area contributed by atoms with E-state index < -0.39 is 0 Å². The summed E-state index contributed by atoms with van der Waals surface area (Å²) in [5.41, 5.74) is 4.81. The molecule has 2 aromatic heterocycles. The Bertz CT molecular complexity index is 1360. The largest absolute Gasteiger partial charge is 0.325 e. The minimum atomic E-state index is -0.371. The van der Waals surface area contributed by atoms with Gasteiger partial charge in [-0.25, -0.2) is 0 Å². The highest BCUT2D eigenvalue weighted by Gasteiger charge is 2.22. The molecule has 1 amide bonds. The van der Waals surface area contributed by atoms with Crippen molar-refractivity contribution < 1.29 is 4.79 Å². The zero-order valence-electron chi connectivity index (χ0n) is 18.5. The first-order valence-corrected chi connectivity index (χ1v) is 11.3. The number of para-hydroxylation sites is 1. The lowest BCUT2D eigenvalue weighted by atomic mass is 10.1. The second kappa shape index (κ2) is 9.00. The van der Waals surface area contributed by atoms with Crippen LogP contribution in [0.5, 0.6) is 0 Å². The first-order chi connectivity index (χ1) is 15.4. The predicted molar refractivity (Wildman–Crippen MR) is 128 cm³/mol. The number of amides is 1. The molecule has 0 aliphatic carbocycles. The average Bonchev–Trinajstić information content (AvgIpc) is 3.19. The molecule has 0 aliphatic heterocycles. The van der Waals surface area contributed by atoms with Gasteiger partial charge in [-0.3, -0.25) is 18.6 Å². The van der Waals surface area contributed by atoms with Crippen LogP contribution in [-0.4, -0.2) is 30.3 Å². The first-order valence-electron chi connectivity index (χ1n) is 10.5. The maximum Gasteiger partial charge on any atom is 0.300 e. The number of benzene rings is 2. The van der Waals surface area contributed by atoms with Gasteiger partial charge in [0.25, 0.3) is 0 Å². The molecule has 8 heteroatoms. The first kappa shape index (κ1) is 21.8. The molecule has 0 radical (unpaired) electrons. The van der Waals surface area contributed by atoms with Crippen LogP contribution in [0, 0.1) is 20.8 Å². The molecule has 0 aliphatic rings. The summed E-state index contributed by atoms with van der Waals surface area (Å²) in [7, 11) is 0. The molecule has 0 saturated carbocycles. The summed E-state index contributed by atoms with van der Waals surface area (Å²) in [5.74, 6) is -0.105. The number of nitrogens with zero attached hydrogens (tertiary/aromatic N) is 4. The van der Waals surface area contributed by atoms with Gasteiger partial charge >= 0.3 is 5.56 Å². The summed E-state index contributed by atoms with van der Waals surface area (Å²) < 4.78 is 3.21. The van der Waals surface area contributed by atoms with E-state index in [2.05, 4.69) is 15.5 Å². The number of hydrogen-bond acceptors (Lipinski definition) is 5. The Kier molecular flexibility index (Phi) is 6.14. The molecule has 2 heterocycles. The van der Waals surface area contributed by atoms with Gasteiger partial charge in [-0.2, -0.15) is 0 Å². The van der Waals surface area contributed by atoms with Crippen LogP contribution in [0.3, 0.4) is 0 Å². The Morgan fingerprint density at radius 2 is 1.81 bits per heavy atom. The fourth-order valence-electron chi connectivity index (χ4n) is 3.40.